The first-order valence-corrected chi connectivity index (χ1v) is 9.91. The maximum atomic E-state index is 13.0. The Labute approximate surface area is 172 Å². The Morgan fingerprint density at radius 2 is 1.97 bits per heavy atom. The monoisotopic (exact) mass is 409 g/mol. The third kappa shape index (κ3) is 3.54. The topological polar surface area (TPSA) is 103 Å². The standard InChI is InChI=1S/C22H23N3O5/c1-13-10-18(14(2)24(13)11-15-6-5-9-30-15)19(26)12-25-21(27)17-8-4-3-7-16(17)20(23-25)22(28)29/h3-4,7-8,10,15H,5-6,9,11-12H2,1-2H3,(H,28,29)/t15-/m1/s1. The van der Waals surface area contributed by atoms with Gasteiger partial charge < -0.3 is 14.4 Å². The molecule has 0 aliphatic carbocycles. The van der Waals surface area contributed by atoms with Gasteiger partial charge in [-0.2, -0.15) is 5.10 Å². The number of ether oxygens (including phenoxy) is 1. The molecule has 8 nitrogen and oxygen atoms in total. The summed E-state index contributed by atoms with van der Waals surface area (Å²) in [5, 5.41) is 13.9. The van der Waals surface area contributed by atoms with Crippen LogP contribution in [0.2, 0.25) is 0 Å². The van der Waals surface area contributed by atoms with Crippen molar-refractivity contribution in [1.82, 2.24) is 14.3 Å². The Hall–Kier alpha value is -3.26. The van der Waals surface area contributed by atoms with Gasteiger partial charge in [0.1, 0.15) is 6.54 Å². The van der Waals surface area contributed by atoms with Crippen LogP contribution < -0.4 is 5.56 Å². The van der Waals surface area contributed by atoms with Crippen molar-refractivity contribution >= 4 is 22.5 Å². The number of ketones is 1. The molecule has 0 bridgehead atoms. The predicted octanol–water partition coefficient (Wildman–Crippen LogP) is 2.57. The predicted molar refractivity (Wildman–Crippen MR) is 110 cm³/mol. The molecule has 0 spiro atoms. The van der Waals surface area contributed by atoms with E-state index in [0.29, 0.717) is 12.1 Å². The molecule has 30 heavy (non-hydrogen) atoms. The van der Waals surface area contributed by atoms with Crippen LogP contribution in [0.4, 0.5) is 0 Å². The number of aromatic carboxylic acids is 1. The number of carbonyl (C=O) groups is 2. The van der Waals surface area contributed by atoms with E-state index >= 15 is 0 Å². The van der Waals surface area contributed by atoms with Gasteiger partial charge in [-0.3, -0.25) is 9.59 Å². The molecule has 4 rings (SSSR count). The van der Waals surface area contributed by atoms with Gasteiger partial charge in [-0.05, 0) is 38.8 Å². The van der Waals surface area contributed by atoms with Crippen LogP contribution in [0.5, 0.6) is 0 Å². The number of carboxylic acid groups (broad SMARTS) is 1. The molecule has 0 amide bonds. The van der Waals surface area contributed by atoms with E-state index < -0.39 is 11.5 Å². The number of nitrogens with zero attached hydrogens (tertiary/aromatic N) is 3. The number of hydrogen-bond acceptors (Lipinski definition) is 5. The molecule has 1 aromatic carbocycles. The lowest BCUT2D eigenvalue weighted by Crippen LogP contribution is -2.29. The van der Waals surface area contributed by atoms with E-state index in [1.807, 2.05) is 13.8 Å². The summed E-state index contributed by atoms with van der Waals surface area (Å²) in [4.78, 5) is 37.4. The van der Waals surface area contributed by atoms with Crippen molar-refractivity contribution < 1.29 is 19.4 Å². The summed E-state index contributed by atoms with van der Waals surface area (Å²) in [6, 6.07) is 8.18. The van der Waals surface area contributed by atoms with Crippen molar-refractivity contribution in [2.75, 3.05) is 6.61 Å². The molecule has 2 aromatic heterocycles. The van der Waals surface area contributed by atoms with Crippen molar-refractivity contribution in [2.45, 2.75) is 45.9 Å². The largest absolute Gasteiger partial charge is 0.476 e. The third-order valence-electron chi connectivity index (χ3n) is 5.65. The fourth-order valence-electron chi connectivity index (χ4n) is 4.08. The molecule has 156 valence electrons. The zero-order valence-corrected chi connectivity index (χ0v) is 16.9. The van der Waals surface area contributed by atoms with E-state index in [1.165, 1.54) is 6.07 Å². The summed E-state index contributed by atoms with van der Waals surface area (Å²) in [5.41, 5.74) is 1.51. The minimum atomic E-state index is -1.25. The van der Waals surface area contributed by atoms with Crippen molar-refractivity contribution in [3.8, 4) is 0 Å². The van der Waals surface area contributed by atoms with Crippen molar-refractivity contribution in [2.24, 2.45) is 0 Å². The van der Waals surface area contributed by atoms with Crippen LogP contribution in [0.1, 0.15) is 45.1 Å². The Bertz CT molecular complexity index is 1200. The second-order valence-corrected chi connectivity index (χ2v) is 7.62. The van der Waals surface area contributed by atoms with Crippen LogP contribution in [0, 0.1) is 13.8 Å². The number of aryl methyl sites for hydroxylation is 1. The number of rotatable bonds is 6. The van der Waals surface area contributed by atoms with Crippen LogP contribution in [0.25, 0.3) is 10.8 Å². The summed E-state index contributed by atoms with van der Waals surface area (Å²) in [7, 11) is 0. The quantitative estimate of drug-likeness (QED) is 0.628. The number of aromatic nitrogens is 3. The van der Waals surface area contributed by atoms with E-state index in [2.05, 4.69) is 9.67 Å². The lowest BCUT2D eigenvalue weighted by molar-refractivity contribution is 0.0688. The molecule has 0 radical (unpaired) electrons. The zero-order chi connectivity index (χ0) is 21.4. The van der Waals surface area contributed by atoms with Crippen LogP contribution in [-0.2, 0) is 17.8 Å². The highest BCUT2D eigenvalue weighted by Crippen LogP contribution is 2.21. The fourth-order valence-corrected chi connectivity index (χ4v) is 4.08. The summed E-state index contributed by atoms with van der Waals surface area (Å²) in [6.45, 7) is 4.92. The third-order valence-corrected chi connectivity index (χ3v) is 5.65. The van der Waals surface area contributed by atoms with Gasteiger partial charge in [0.15, 0.2) is 11.5 Å². The maximum absolute atomic E-state index is 13.0. The highest BCUT2D eigenvalue weighted by molar-refractivity contribution is 6.01. The molecule has 1 fully saturated rings. The SMILES string of the molecule is Cc1cc(C(=O)Cn2nc(C(=O)O)c3ccccc3c2=O)c(C)n1C[C@H]1CCCO1. The number of carboxylic acids is 1. The first-order chi connectivity index (χ1) is 14.4. The Morgan fingerprint density at radius 3 is 2.63 bits per heavy atom. The van der Waals surface area contributed by atoms with Gasteiger partial charge in [0.25, 0.3) is 5.56 Å². The van der Waals surface area contributed by atoms with Crippen LogP contribution in [0.15, 0.2) is 35.1 Å². The average molecular weight is 409 g/mol. The Balaban J connectivity index is 1.68. The summed E-state index contributed by atoms with van der Waals surface area (Å²) in [5.74, 6) is -1.54. The summed E-state index contributed by atoms with van der Waals surface area (Å²) in [6.07, 6.45) is 2.17. The van der Waals surface area contributed by atoms with Crippen molar-refractivity contribution in [1.29, 1.82) is 0 Å². The summed E-state index contributed by atoms with van der Waals surface area (Å²) >= 11 is 0. The number of fused-ring (bicyclic) bond motifs is 1. The van der Waals surface area contributed by atoms with Gasteiger partial charge in [0, 0.05) is 35.5 Å². The minimum Gasteiger partial charge on any atom is -0.476 e. The van der Waals surface area contributed by atoms with Gasteiger partial charge in [-0.15, -0.1) is 0 Å². The molecule has 1 aliphatic rings. The molecule has 0 saturated carbocycles. The first-order valence-electron chi connectivity index (χ1n) is 9.91. The molecule has 0 unspecified atom stereocenters. The molecule has 1 saturated heterocycles. The van der Waals surface area contributed by atoms with Gasteiger partial charge in [0.2, 0.25) is 0 Å². The molecule has 1 aliphatic heterocycles. The van der Waals surface area contributed by atoms with E-state index in [-0.39, 0.29) is 34.9 Å². The molecular formula is C22H23N3O5. The highest BCUT2D eigenvalue weighted by atomic mass is 16.5. The van der Waals surface area contributed by atoms with Crippen LogP contribution in [0.3, 0.4) is 0 Å². The van der Waals surface area contributed by atoms with Crippen molar-refractivity contribution in [3.63, 3.8) is 0 Å². The second-order valence-electron chi connectivity index (χ2n) is 7.62. The highest BCUT2D eigenvalue weighted by Gasteiger charge is 2.23. The molecule has 1 N–H and O–H groups in total. The average Bonchev–Trinajstić information content (AvgIpc) is 3.33. The molecule has 3 heterocycles. The second kappa shape index (κ2) is 7.87. The molecule has 8 heteroatoms. The zero-order valence-electron chi connectivity index (χ0n) is 16.9. The minimum absolute atomic E-state index is 0.139. The molecule has 1 atom stereocenters. The van der Waals surface area contributed by atoms with Crippen LogP contribution >= 0.6 is 0 Å². The number of hydrogen-bond donors (Lipinski definition) is 1. The van der Waals surface area contributed by atoms with Crippen molar-refractivity contribution in [3.05, 3.63) is 63.3 Å². The van der Waals surface area contributed by atoms with Gasteiger partial charge in [0.05, 0.1) is 11.5 Å². The fraction of sp³-hybridized carbons (Fsp3) is 0.364. The van der Waals surface area contributed by atoms with Crippen LogP contribution in [-0.4, -0.2) is 43.9 Å². The van der Waals surface area contributed by atoms with E-state index in [9.17, 15) is 19.5 Å². The molecular weight excluding hydrogens is 386 g/mol. The maximum Gasteiger partial charge on any atom is 0.357 e. The lowest BCUT2D eigenvalue weighted by Gasteiger charge is -2.15. The normalized spacial score (nSPS) is 16.3. The van der Waals surface area contributed by atoms with Gasteiger partial charge in [-0.1, -0.05) is 18.2 Å². The number of benzene rings is 1. The number of Topliss-reactive ketones (excluding diaryl/α,β-unsaturated/α-hetero) is 1. The Kier molecular flexibility index (Phi) is 5.26. The van der Waals surface area contributed by atoms with E-state index in [0.717, 1.165) is 35.5 Å². The van der Waals surface area contributed by atoms with Gasteiger partial charge in [-0.25, -0.2) is 9.48 Å². The molecule has 3 aromatic rings. The van der Waals surface area contributed by atoms with E-state index in [4.69, 9.17) is 4.74 Å². The Morgan fingerprint density at radius 1 is 1.23 bits per heavy atom. The van der Waals surface area contributed by atoms with E-state index in [1.54, 1.807) is 24.3 Å². The lowest BCUT2D eigenvalue weighted by atomic mass is 10.1. The summed E-state index contributed by atoms with van der Waals surface area (Å²) < 4.78 is 8.71. The van der Waals surface area contributed by atoms with Gasteiger partial charge >= 0.3 is 5.97 Å². The first kappa shape index (κ1) is 20.0. The smallest absolute Gasteiger partial charge is 0.357 e. The number of carbonyl (C=O) groups excluding carboxylic acids is 1.